The fourth-order valence-corrected chi connectivity index (χ4v) is 1.90. The van der Waals surface area contributed by atoms with Crippen LogP contribution in [-0.2, 0) is 9.53 Å². The lowest BCUT2D eigenvalue weighted by Gasteiger charge is -2.10. The first-order chi connectivity index (χ1) is 10.4. The first-order valence-electron chi connectivity index (χ1n) is 6.58. The second kappa shape index (κ2) is 6.62. The van der Waals surface area contributed by atoms with Crippen LogP contribution in [0.2, 0.25) is 5.02 Å². The van der Waals surface area contributed by atoms with Gasteiger partial charge in [0.05, 0.1) is 0 Å². The van der Waals surface area contributed by atoms with Crippen LogP contribution in [0.1, 0.15) is 23.2 Å². The van der Waals surface area contributed by atoms with Crippen LogP contribution in [0.4, 0.5) is 0 Å². The molecule has 0 bridgehead atoms. The first kappa shape index (κ1) is 16.0. The highest BCUT2D eigenvalue weighted by Crippen LogP contribution is 2.23. The van der Waals surface area contributed by atoms with E-state index in [0.29, 0.717) is 16.3 Å². The van der Waals surface area contributed by atoms with E-state index < -0.39 is 18.0 Å². The molecule has 0 aliphatic carbocycles. The van der Waals surface area contributed by atoms with Gasteiger partial charge >= 0.3 is 5.97 Å². The summed E-state index contributed by atoms with van der Waals surface area (Å²) in [5.74, 6) is -0.502. The quantitative estimate of drug-likeness (QED) is 0.875. The number of likely N-dealkylation sites (N-methyl/N-ethyl adjacent to an activating group) is 1. The molecule has 1 heterocycles. The number of ether oxygens (including phenoxy) is 1. The van der Waals surface area contributed by atoms with Gasteiger partial charge in [0.25, 0.3) is 5.91 Å². The fourth-order valence-electron chi connectivity index (χ4n) is 1.77. The molecule has 6 nitrogen and oxygen atoms in total. The van der Waals surface area contributed by atoms with Crippen LogP contribution in [0.15, 0.2) is 28.7 Å². The number of carbonyl (C=O) groups excluding carboxylic acids is 2. The Morgan fingerprint density at radius 1 is 1.32 bits per heavy atom. The third-order valence-electron chi connectivity index (χ3n) is 2.98. The third kappa shape index (κ3) is 3.46. The fraction of sp³-hybridized carbons (Fsp3) is 0.267. The third-order valence-corrected chi connectivity index (χ3v) is 3.23. The maximum Gasteiger partial charge on any atom is 0.361 e. The van der Waals surface area contributed by atoms with Gasteiger partial charge < -0.3 is 14.5 Å². The van der Waals surface area contributed by atoms with Crippen molar-refractivity contribution in [3.8, 4) is 11.5 Å². The zero-order chi connectivity index (χ0) is 16.3. The molecule has 0 fully saturated rings. The minimum Gasteiger partial charge on any atom is -0.448 e. The van der Waals surface area contributed by atoms with Crippen LogP contribution in [0.5, 0.6) is 0 Å². The second-order valence-corrected chi connectivity index (χ2v) is 5.03. The number of nitrogens with one attached hydrogen (secondary N) is 1. The number of hydrogen-bond acceptors (Lipinski definition) is 5. The number of carbonyl (C=O) groups is 2. The molecule has 2 aromatic rings. The average molecular weight is 323 g/mol. The van der Waals surface area contributed by atoms with E-state index in [1.165, 1.54) is 14.0 Å². The summed E-state index contributed by atoms with van der Waals surface area (Å²) in [5.41, 5.74) is 0.728. The van der Waals surface area contributed by atoms with E-state index >= 15 is 0 Å². The number of hydrogen-bond donors (Lipinski definition) is 1. The molecule has 0 saturated heterocycles. The van der Waals surface area contributed by atoms with Gasteiger partial charge in [-0.25, -0.2) is 9.78 Å². The molecule has 2 rings (SSSR count). The lowest BCUT2D eigenvalue weighted by Crippen LogP contribution is -2.33. The monoisotopic (exact) mass is 322 g/mol. The molecule has 1 amide bonds. The largest absolute Gasteiger partial charge is 0.448 e. The highest BCUT2D eigenvalue weighted by atomic mass is 35.5. The number of nitrogens with zero attached hydrogens (tertiary/aromatic N) is 1. The Hall–Kier alpha value is -2.34. The van der Waals surface area contributed by atoms with Crippen molar-refractivity contribution >= 4 is 23.5 Å². The summed E-state index contributed by atoms with van der Waals surface area (Å²) in [6.07, 6.45) is -0.910. The minimum absolute atomic E-state index is 0.0423. The zero-order valence-electron chi connectivity index (χ0n) is 12.3. The number of rotatable bonds is 4. The van der Waals surface area contributed by atoms with Crippen LogP contribution < -0.4 is 5.32 Å². The minimum atomic E-state index is -0.910. The SMILES string of the molecule is CNC(=O)[C@H](C)OC(=O)c1nc(-c2ccc(Cl)cc2)oc1C. The van der Waals surface area contributed by atoms with Crippen molar-refractivity contribution in [1.82, 2.24) is 10.3 Å². The molecular weight excluding hydrogens is 308 g/mol. The Morgan fingerprint density at radius 3 is 2.55 bits per heavy atom. The van der Waals surface area contributed by atoms with Crippen molar-refractivity contribution in [3.63, 3.8) is 0 Å². The summed E-state index contributed by atoms with van der Waals surface area (Å²) in [6.45, 7) is 3.08. The number of esters is 1. The Bertz CT molecular complexity index is 694. The van der Waals surface area contributed by atoms with Gasteiger partial charge in [0.1, 0.15) is 5.76 Å². The summed E-state index contributed by atoms with van der Waals surface area (Å²) >= 11 is 5.82. The summed E-state index contributed by atoms with van der Waals surface area (Å²) in [5, 5.41) is 2.99. The molecule has 0 aliphatic heterocycles. The van der Waals surface area contributed by atoms with Gasteiger partial charge in [-0.1, -0.05) is 11.6 Å². The molecule has 7 heteroatoms. The van der Waals surface area contributed by atoms with Gasteiger partial charge in [-0.05, 0) is 38.1 Å². The number of aryl methyl sites for hydroxylation is 1. The highest BCUT2D eigenvalue weighted by molar-refractivity contribution is 6.30. The molecule has 0 spiro atoms. The molecule has 1 aromatic heterocycles. The summed E-state index contributed by atoms with van der Waals surface area (Å²) in [6, 6.07) is 6.86. The number of oxazole rings is 1. The predicted octanol–water partition coefficient (Wildman–Crippen LogP) is 2.59. The number of aromatic nitrogens is 1. The first-order valence-corrected chi connectivity index (χ1v) is 6.96. The lowest BCUT2D eigenvalue weighted by molar-refractivity contribution is -0.128. The van der Waals surface area contributed by atoms with E-state index in [4.69, 9.17) is 20.8 Å². The zero-order valence-corrected chi connectivity index (χ0v) is 13.1. The van der Waals surface area contributed by atoms with Crippen LogP contribution in [-0.4, -0.2) is 30.0 Å². The van der Waals surface area contributed by atoms with Gasteiger partial charge in [-0.15, -0.1) is 0 Å². The van der Waals surface area contributed by atoms with E-state index in [2.05, 4.69) is 10.3 Å². The van der Waals surface area contributed by atoms with Crippen molar-refractivity contribution < 1.29 is 18.7 Å². The van der Waals surface area contributed by atoms with Crippen LogP contribution in [0.3, 0.4) is 0 Å². The number of halogens is 1. The van der Waals surface area contributed by atoms with E-state index in [9.17, 15) is 9.59 Å². The number of amides is 1. The molecule has 0 unspecified atom stereocenters. The molecule has 1 aromatic carbocycles. The molecule has 0 saturated carbocycles. The smallest absolute Gasteiger partial charge is 0.361 e. The molecule has 1 N–H and O–H groups in total. The number of benzene rings is 1. The molecule has 0 radical (unpaired) electrons. The maximum absolute atomic E-state index is 12.0. The van der Waals surface area contributed by atoms with Crippen molar-refractivity contribution in [2.24, 2.45) is 0 Å². The Kier molecular flexibility index (Phi) is 4.82. The highest BCUT2D eigenvalue weighted by Gasteiger charge is 2.23. The van der Waals surface area contributed by atoms with Gasteiger partial charge in [0, 0.05) is 17.6 Å². The Morgan fingerprint density at radius 2 is 1.95 bits per heavy atom. The Balaban J connectivity index is 2.21. The van der Waals surface area contributed by atoms with Crippen molar-refractivity contribution in [1.29, 1.82) is 0 Å². The van der Waals surface area contributed by atoms with Crippen LogP contribution in [0.25, 0.3) is 11.5 Å². The van der Waals surface area contributed by atoms with Gasteiger partial charge in [-0.2, -0.15) is 0 Å². The second-order valence-electron chi connectivity index (χ2n) is 4.59. The van der Waals surface area contributed by atoms with Crippen molar-refractivity contribution in [2.45, 2.75) is 20.0 Å². The van der Waals surface area contributed by atoms with Gasteiger partial charge in [-0.3, -0.25) is 4.79 Å². The Labute approximate surface area is 132 Å². The van der Waals surface area contributed by atoms with E-state index in [-0.39, 0.29) is 11.6 Å². The van der Waals surface area contributed by atoms with Crippen LogP contribution >= 0.6 is 11.6 Å². The molecule has 0 aliphatic rings. The van der Waals surface area contributed by atoms with E-state index in [0.717, 1.165) is 0 Å². The summed E-state index contributed by atoms with van der Waals surface area (Å²) in [4.78, 5) is 27.6. The van der Waals surface area contributed by atoms with E-state index in [1.54, 1.807) is 31.2 Å². The molecule has 22 heavy (non-hydrogen) atoms. The molecule has 1 atom stereocenters. The van der Waals surface area contributed by atoms with Gasteiger partial charge in [0.2, 0.25) is 5.89 Å². The van der Waals surface area contributed by atoms with Gasteiger partial charge in [0.15, 0.2) is 11.8 Å². The lowest BCUT2D eigenvalue weighted by atomic mass is 10.2. The van der Waals surface area contributed by atoms with Crippen molar-refractivity contribution in [2.75, 3.05) is 7.05 Å². The topological polar surface area (TPSA) is 81.4 Å². The predicted molar refractivity (Wildman–Crippen MR) is 80.6 cm³/mol. The van der Waals surface area contributed by atoms with Crippen LogP contribution in [0, 0.1) is 6.92 Å². The molecule has 116 valence electrons. The summed E-state index contributed by atoms with van der Waals surface area (Å²) in [7, 11) is 1.46. The standard InChI is InChI=1S/C15H15ClN2O4/c1-8-12(15(20)22-9(2)13(19)17-3)18-14(21-8)10-4-6-11(16)7-5-10/h4-7,9H,1-3H3,(H,17,19)/t9-/m0/s1. The normalized spacial score (nSPS) is 11.8. The summed E-state index contributed by atoms with van der Waals surface area (Å²) < 4.78 is 10.5. The molecular formula is C15H15ClN2O4. The van der Waals surface area contributed by atoms with E-state index in [1.807, 2.05) is 0 Å². The van der Waals surface area contributed by atoms with Crippen molar-refractivity contribution in [3.05, 3.63) is 40.7 Å². The maximum atomic E-state index is 12.0. The average Bonchev–Trinajstić information content (AvgIpc) is 2.89.